The molecule has 0 heterocycles. The van der Waals surface area contributed by atoms with Crippen molar-refractivity contribution in [1.82, 2.24) is 0 Å². The summed E-state index contributed by atoms with van der Waals surface area (Å²) in [7, 11) is 0. The quantitative estimate of drug-likeness (QED) is 0.414. The highest BCUT2D eigenvalue weighted by molar-refractivity contribution is 5.91. The largest absolute Gasteiger partial charge is 0.488 e. The van der Waals surface area contributed by atoms with Crippen LogP contribution in [-0.4, -0.2) is 11.1 Å². The smallest absolute Gasteiger partial charge is 0.339 e. The summed E-state index contributed by atoms with van der Waals surface area (Å²) in [5, 5.41) is 11.9. The number of carboxylic acid groups (broad SMARTS) is 1. The molecule has 0 aliphatic heterocycles. The van der Waals surface area contributed by atoms with Gasteiger partial charge in [-0.05, 0) is 71.0 Å². The molecule has 0 aliphatic carbocycles. The fourth-order valence-electron chi connectivity index (χ4n) is 3.88. The van der Waals surface area contributed by atoms with E-state index < -0.39 is 5.97 Å². The summed E-state index contributed by atoms with van der Waals surface area (Å²) in [4.78, 5) is 11.7. The number of benzene rings is 4. The van der Waals surface area contributed by atoms with Gasteiger partial charge in [-0.25, -0.2) is 4.79 Å². The zero-order valence-corrected chi connectivity index (χ0v) is 17.2. The molecule has 0 aromatic heterocycles. The third kappa shape index (κ3) is 4.06. The third-order valence-corrected chi connectivity index (χ3v) is 5.56. The van der Waals surface area contributed by atoms with Gasteiger partial charge in [0.25, 0.3) is 0 Å². The Morgan fingerprint density at radius 2 is 1.57 bits per heavy atom. The van der Waals surface area contributed by atoms with Crippen LogP contribution in [0.1, 0.15) is 38.2 Å². The number of fused-ring (bicyclic) bond motifs is 1. The minimum Gasteiger partial charge on any atom is -0.488 e. The molecule has 4 rings (SSSR count). The van der Waals surface area contributed by atoms with Crippen LogP contribution in [0.15, 0.2) is 78.9 Å². The van der Waals surface area contributed by atoms with Crippen LogP contribution in [0.3, 0.4) is 0 Å². The van der Waals surface area contributed by atoms with E-state index in [0.29, 0.717) is 12.4 Å². The molecular weight excluding hydrogens is 372 g/mol. The van der Waals surface area contributed by atoms with E-state index in [1.165, 1.54) is 16.7 Å². The first kappa shape index (κ1) is 19.7. The highest BCUT2D eigenvalue weighted by atomic mass is 16.5. The van der Waals surface area contributed by atoms with Crippen LogP contribution < -0.4 is 4.74 Å². The molecule has 0 fully saturated rings. The van der Waals surface area contributed by atoms with Gasteiger partial charge in [-0.1, -0.05) is 66.7 Å². The van der Waals surface area contributed by atoms with Crippen molar-refractivity contribution in [2.24, 2.45) is 0 Å². The number of hydrogen-bond donors (Lipinski definition) is 1. The molecule has 1 N–H and O–H groups in total. The van der Waals surface area contributed by atoms with E-state index in [4.69, 9.17) is 4.74 Å². The molecule has 0 unspecified atom stereocenters. The van der Waals surface area contributed by atoms with Crippen molar-refractivity contribution in [2.45, 2.75) is 26.9 Å². The second-order valence-electron chi connectivity index (χ2n) is 7.61. The maximum atomic E-state index is 11.7. The van der Waals surface area contributed by atoms with Crippen molar-refractivity contribution in [2.75, 3.05) is 0 Å². The van der Waals surface area contributed by atoms with E-state index in [9.17, 15) is 9.90 Å². The molecule has 0 radical (unpaired) electrons. The minimum atomic E-state index is -0.985. The van der Waals surface area contributed by atoms with E-state index in [1.54, 1.807) is 6.07 Å². The number of ether oxygens (including phenoxy) is 1. The number of carboxylic acids is 1. The van der Waals surface area contributed by atoms with Crippen molar-refractivity contribution in [3.63, 3.8) is 0 Å². The first-order chi connectivity index (χ1) is 14.5. The molecule has 0 atom stereocenters. The van der Waals surface area contributed by atoms with Gasteiger partial charge in [0.2, 0.25) is 0 Å². The van der Waals surface area contributed by atoms with Crippen molar-refractivity contribution in [1.29, 1.82) is 0 Å². The fourth-order valence-corrected chi connectivity index (χ4v) is 3.88. The average Bonchev–Trinajstić information content (AvgIpc) is 2.75. The van der Waals surface area contributed by atoms with Gasteiger partial charge >= 0.3 is 5.97 Å². The van der Waals surface area contributed by atoms with Crippen LogP contribution >= 0.6 is 0 Å². The summed E-state index contributed by atoms with van der Waals surface area (Å²) < 4.78 is 6.05. The number of rotatable bonds is 6. The standard InChI is InChI=1S/C27H24O3/c1-18-7-5-8-19(2)25(18)15-20-13-14-24(27(28)29)26(16-20)30-17-22-11-6-10-21-9-3-4-12-23(21)22/h3-14,16H,15,17H2,1-2H3,(H,28,29). The Hall–Kier alpha value is -3.59. The molecule has 3 heteroatoms. The Morgan fingerprint density at radius 3 is 2.33 bits per heavy atom. The molecule has 3 nitrogen and oxygen atoms in total. The van der Waals surface area contributed by atoms with E-state index in [0.717, 1.165) is 28.3 Å². The monoisotopic (exact) mass is 396 g/mol. The molecule has 0 saturated heterocycles. The lowest BCUT2D eigenvalue weighted by atomic mass is 9.95. The van der Waals surface area contributed by atoms with Gasteiger partial charge in [0.15, 0.2) is 0 Å². The van der Waals surface area contributed by atoms with Crippen molar-refractivity contribution < 1.29 is 14.6 Å². The molecule has 150 valence electrons. The highest BCUT2D eigenvalue weighted by Gasteiger charge is 2.14. The van der Waals surface area contributed by atoms with Crippen LogP contribution in [0, 0.1) is 13.8 Å². The van der Waals surface area contributed by atoms with E-state index in [2.05, 4.69) is 50.2 Å². The molecule has 4 aromatic carbocycles. The van der Waals surface area contributed by atoms with Gasteiger partial charge in [0, 0.05) is 0 Å². The van der Waals surface area contributed by atoms with Gasteiger partial charge in [-0.15, -0.1) is 0 Å². The molecular formula is C27H24O3. The summed E-state index contributed by atoms with van der Waals surface area (Å²) >= 11 is 0. The number of aromatic carboxylic acids is 1. The second kappa shape index (κ2) is 8.42. The molecule has 0 spiro atoms. The molecule has 30 heavy (non-hydrogen) atoms. The van der Waals surface area contributed by atoms with E-state index >= 15 is 0 Å². The topological polar surface area (TPSA) is 46.5 Å². The Bertz CT molecular complexity index is 1200. The maximum Gasteiger partial charge on any atom is 0.339 e. The first-order valence-corrected chi connectivity index (χ1v) is 10.0. The van der Waals surface area contributed by atoms with Gasteiger partial charge in [-0.3, -0.25) is 0 Å². The van der Waals surface area contributed by atoms with E-state index in [-0.39, 0.29) is 5.56 Å². The van der Waals surface area contributed by atoms with Gasteiger partial charge in [0.05, 0.1) is 0 Å². The minimum absolute atomic E-state index is 0.181. The lowest BCUT2D eigenvalue weighted by Gasteiger charge is -2.14. The SMILES string of the molecule is Cc1cccc(C)c1Cc1ccc(C(=O)O)c(OCc2cccc3ccccc23)c1. The lowest BCUT2D eigenvalue weighted by molar-refractivity contribution is 0.0691. The lowest BCUT2D eigenvalue weighted by Crippen LogP contribution is -2.05. The van der Waals surface area contributed by atoms with Crippen LogP contribution in [0.4, 0.5) is 0 Å². The fraction of sp³-hybridized carbons (Fsp3) is 0.148. The van der Waals surface area contributed by atoms with Crippen molar-refractivity contribution in [3.05, 3.63) is 112 Å². The summed E-state index contributed by atoms with van der Waals surface area (Å²) in [5.74, 6) is -0.583. The summed E-state index contributed by atoms with van der Waals surface area (Å²) in [6.07, 6.45) is 0.739. The molecule has 4 aromatic rings. The van der Waals surface area contributed by atoms with Crippen molar-refractivity contribution in [3.8, 4) is 5.75 Å². The summed E-state index contributed by atoms with van der Waals surface area (Å²) in [5.41, 5.74) is 5.97. The Balaban J connectivity index is 1.64. The Labute approximate surface area is 176 Å². The van der Waals surface area contributed by atoms with Gasteiger partial charge in [-0.2, -0.15) is 0 Å². The van der Waals surface area contributed by atoms with Crippen LogP contribution in [-0.2, 0) is 13.0 Å². The predicted molar refractivity (Wildman–Crippen MR) is 120 cm³/mol. The zero-order chi connectivity index (χ0) is 21.1. The van der Waals surface area contributed by atoms with E-state index in [1.807, 2.05) is 36.4 Å². The molecule has 0 saturated carbocycles. The van der Waals surface area contributed by atoms with Gasteiger partial charge in [0.1, 0.15) is 17.9 Å². The Morgan fingerprint density at radius 1 is 0.867 bits per heavy atom. The summed E-state index contributed by atoms with van der Waals surface area (Å²) in [6.45, 7) is 4.52. The number of hydrogen-bond acceptors (Lipinski definition) is 2. The van der Waals surface area contributed by atoms with Crippen molar-refractivity contribution >= 4 is 16.7 Å². The van der Waals surface area contributed by atoms with Gasteiger partial charge < -0.3 is 9.84 Å². The zero-order valence-electron chi connectivity index (χ0n) is 17.2. The maximum absolute atomic E-state index is 11.7. The number of aryl methyl sites for hydroxylation is 2. The normalized spacial score (nSPS) is 10.9. The van der Waals surface area contributed by atoms with Crippen LogP contribution in [0.5, 0.6) is 5.75 Å². The summed E-state index contributed by atoms with van der Waals surface area (Å²) in [6, 6.07) is 25.8. The first-order valence-electron chi connectivity index (χ1n) is 10.0. The Kier molecular flexibility index (Phi) is 5.53. The van der Waals surface area contributed by atoms with Crippen LogP contribution in [0.2, 0.25) is 0 Å². The highest BCUT2D eigenvalue weighted by Crippen LogP contribution is 2.27. The number of carbonyl (C=O) groups is 1. The predicted octanol–water partition coefficient (Wildman–Crippen LogP) is 6.32. The third-order valence-electron chi connectivity index (χ3n) is 5.56. The molecule has 0 bridgehead atoms. The second-order valence-corrected chi connectivity index (χ2v) is 7.61. The van der Waals surface area contributed by atoms with Crippen LogP contribution in [0.25, 0.3) is 10.8 Å². The molecule has 0 amide bonds. The molecule has 0 aliphatic rings. The average molecular weight is 396 g/mol.